The highest BCUT2D eigenvalue weighted by atomic mass is 28.3. The van der Waals surface area contributed by atoms with Crippen LogP contribution in [0.25, 0.3) is 0 Å². The second-order valence-corrected chi connectivity index (χ2v) is 3.46. The van der Waals surface area contributed by atoms with E-state index in [9.17, 15) is 4.79 Å². The van der Waals surface area contributed by atoms with E-state index < -0.39 is 5.97 Å². The van der Waals surface area contributed by atoms with Gasteiger partial charge in [0.2, 0.25) is 0 Å². The Morgan fingerprint density at radius 2 is 2.23 bits per heavy atom. The lowest BCUT2D eigenvalue weighted by Gasteiger charge is -2.12. The van der Waals surface area contributed by atoms with Crippen LogP contribution < -0.4 is 0 Å². The summed E-state index contributed by atoms with van der Waals surface area (Å²) in [5, 5.41) is 0. The third-order valence-electron chi connectivity index (χ3n) is 1.12. The van der Waals surface area contributed by atoms with Crippen molar-refractivity contribution in [1.29, 1.82) is 0 Å². The van der Waals surface area contributed by atoms with Crippen LogP contribution in [-0.2, 0) is 18.4 Å². The summed E-state index contributed by atoms with van der Waals surface area (Å²) in [5.74, 6) is -0.392. The van der Waals surface area contributed by atoms with E-state index in [1.165, 1.54) is 0 Å². The second kappa shape index (κ2) is 6.82. The SMILES string of the molecule is C=C(C)C(=O)OC(C)CO[Si]OC. The first-order valence-corrected chi connectivity index (χ1v) is 4.65. The minimum absolute atomic E-state index is 0.0149. The largest absolute Gasteiger partial charge is 0.457 e. The molecule has 1 unspecified atom stereocenters. The molecule has 0 aliphatic heterocycles. The lowest BCUT2D eigenvalue weighted by Crippen LogP contribution is -2.22. The molecule has 0 saturated heterocycles. The Kier molecular flexibility index (Phi) is 6.48. The fourth-order valence-electron chi connectivity index (χ4n) is 0.528. The number of hydrogen-bond acceptors (Lipinski definition) is 4. The van der Waals surface area contributed by atoms with Crippen molar-refractivity contribution in [3.8, 4) is 0 Å². The quantitative estimate of drug-likeness (QED) is 0.275. The number of carbonyl (C=O) groups is 1. The fourth-order valence-corrected chi connectivity index (χ4v) is 0.948. The highest BCUT2D eigenvalue weighted by Gasteiger charge is 2.09. The smallest absolute Gasteiger partial charge is 0.433 e. The third kappa shape index (κ3) is 6.50. The van der Waals surface area contributed by atoms with Gasteiger partial charge in [-0.05, 0) is 13.8 Å². The molecular weight excluding hydrogens is 188 g/mol. The van der Waals surface area contributed by atoms with E-state index in [0.717, 1.165) is 0 Å². The maximum atomic E-state index is 11.0. The van der Waals surface area contributed by atoms with Gasteiger partial charge in [0, 0.05) is 12.7 Å². The molecule has 0 fully saturated rings. The summed E-state index contributed by atoms with van der Waals surface area (Å²) in [5.41, 5.74) is 0.390. The van der Waals surface area contributed by atoms with E-state index in [4.69, 9.17) is 13.6 Å². The normalized spacial score (nSPS) is 12.2. The Balaban J connectivity index is 3.55. The lowest BCUT2D eigenvalue weighted by molar-refractivity contribution is -0.144. The zero-order valence-corrected chi connectivity index (χ0v) is 9.12. The van der Waals surface area contributed by atoms with Gasteiger partial charge in [0.25, 0.3) is 0 Å². The summed E-state index contributed by atoms with van der Waals surface area (Å²) >= 11 is 0. The van der Waals surface area contributed by atoms with E-state index in [1.54, 1.807) is 21.0 Å². The van der Waals surface area contributed by atoms with Crippen molar-refractivity contribution in [2.45, 2.75) is 20.0 Å². The molecule has 0 saturated carbocycles. The third-order valence-corrected chi connectivity index (χ3v) is 1.57. The molecular formula is C8H14O4Si. The first-order valence-electron chi connectivity index (χ1n) is 3.84. The summed E-state index contributed by atoms with van der Waals surface area (Å²) in [6, 6.07) is 0. The molecule has 5 heteroatoms. The van der Waals surface area contributed by atoms with Crippen molar-refractivity contribution in [2.24, 2.45) is 0 Å². The molecule has 0 aliphatic carbocycles. The van der Waals surface area contributed by atoms with Crippen molar-refractivity contribution in [3.05, 3.63) is 12.2 Å². The van der Waals surface area contributed by atoms with Crippen LogP contribution in [0.4, 0.5) is 0 Å². The van der Waals surface area contributed by atoms with Gasteiger partial charge in [-0.2, -0.15) is 0 Å². The van der Waals surface area contributed by atoms with Gasteiger partial charge in [-0.15, -0.1) is 0 Å². The minimum atomic E-state index is -0.392. The number of rotatable bonds is 6. The molecule has 0 rings (SSSR count). The monoisotopic (exact) mass is 202 g/mol. The van der Waals surface area contributed by atoms with Gasteiger partial charge in [-0.25, -0.2) is 4.79 Å². The van der Waals surface area contributed by atoms with Gasteiger partial charge >= 0.3 is 16.0 Å². The number of esters is 1. The Bertz CT molecular complexity index is 181. The van der Waals surface area contributed by atoms with Gasteiger partial charge in [-0.3, -0.25) is 0 Å². The fraction of sp³-hybridized carbons (Fsp3) is 0.625. The summed E-state index contributed by atoms with van der Waals surface area (Å²) in [7, 11) is 1.53. The van der Waals surface area contributed by atoms with E-state index in [0.29, 0.717) is 12.2 Å². The van der Waals surface area contributed by atoms with Gasteiger partial charge in [0.15, 0.2) is 0 Å². The molecule has 0 amide bonds. The predicted molar refractivity (Wildman–Crippen MR) is 49.1 cm³/mol. The van der Waals surface area contributed by atoms with E-state index in [-0.39, 0.29) is 16.1 Å². The molecule has 74 valence electrons. The average molecular weight is 202 g/mol. The molecule has 1 atom stereocenters. The Labute approximate surface area is 80.9 Å². The lowest BCUT2D eigenvalue weighted by atomic mass is 10.3. The van der Waals surface area contributed by atoms with E-state index in [2.05, 4.69) is 6.58 Å². The van der Waals surface area contributed by atoms with Gasteiger partial charge in [0.1, 0.15) is 6.10 Å². The first kappa shape index (κ1) is 12.3. The molecule has 0 spiro atoms. The number of hydrogen-bond donors (Lipinski definition) is 0. The Morgan fingerprint density at radius 3 is 2.69 bits per heavy atom. The van der Waals surface area contributed by atoms with Crippen LogP contribution in [0.5, 0.6) is 0 Å². The molecule has 0 aromatic heterocycles. The molecule has 0 N–H and O–H groups in total. The molecule has 2 radical (unpaired) electrons. The Hall–Kier alpha value is -0.653. The molecule has 13 heavy (non-hydrogen) atoms. The van der Waals surface area contributed by atoms with Crippen molar-refractivity contribution in [1.82, 2.24) is 0 Å². The van der Waals surface area contributed by atoms with Crippen LogP contribution in [0, 0.1) is 0 Å². The summed E-state index contributed by atoms with van der Waals surface area (Å²) in [4.78, 5) is 11.0. The first-order chi connectivity index (χ1) is 6.07. The van der Waals surface area contributed by atoms with Crippen molar-refractivity contribution in [2.75, 3.05) is 13.7 Å². The highest BCUT2D eigenvalue weighted by molar-refractivity contribution is 6.17. The Morgan fingerprint density at radius 1 is 1.62 bits per heavy atom. The second-order valence-electron chi connectivity index (χ2n) is 2.59. The van der Waals surface area contributed by atoms with Crippen LogP contribution in [0.1, 0.15) is 13.8 Å². The summed E-state index contributed by atoms with van der Waals surface area (Å²) < 4.78 is 14.7. The summed E-state index contributed by atoms with van der Waals surface area (Å²) in [6.45, 7) is 7.16. The predicted octanol–water partition coefficient (Wildman–Crippen LogP) is 0.691. The topological polar surface area (TPSA) is 44.8 Å². The van der Waals surface area contributed by atoms with Crippen LogP contribution in [0.2, 0.25) is 0 Å². The summed E-state index contributed by atoms with van der Waals surface area (Å²) in [6.07, 6.45) is -0.271. The van der Waals surface area contributed by atoms with E-state index in [1.807, 2.05) is 0 Å². The van der Waals surface area contributed by atoms with Gasteiger partial charge in [0.05, 0.1) is 6.61 Å². The van der Waals surface area contributed by atoms with Crippen LogP contribution in [-0.4, -0.2) is 35.8 Å². The van der Waals surface area contributed by atoms with Crippen molar-refractivity contribution in [3.63, 3.8) is 0 Å². The zero-order valence-electron chi connectivity index (χ0n) is 8.12. The molecule has 0 bridgehead atoms. The highest BCUT2D eigenvalue weighted by Crippen LogP contribution is 1.98. The molecule has 4 nitrogen and oxygen atoms in total. The van der Waals surface area contributed by atoms with Crippen molar-refractivity contribution >= 4 is 16.0 Å². The van der Waals surface area contributed by atoms with E-state index >= 15 is 0 Å². The number of carbonyl (C=O) groups excluding carboxylic acids is 1. The van der Waals surface area contributed by atoms with Gasteiger partial charge in [-0.1, -0.05) is 6.58 Å². The standard InChI is InChI=1S/C8H14O4Si/c1-6(2)8(9)12-7(3)5-11-13-10-4/h7H,1,5H2,2-4H3. The molecule has 0 aromatic rings. The number of ether oxygens (including phenoxy) is 1. The van der Waals surface area contributed by atoms with Crippen LogP contribution in [0.3, 0.4) is 0 Å². The van der Waals surface area contributed by atoms with Gasteiger partial charge < -0.3 is 13.6 Å². The average Bonchev–Trinajstić information content (AvgIpc) is 2.04. The van der Waals surface area contributed by atoms with Crippen molar-refractivity contribution < 1.29 is 18.4 Å². The molecule has 0 aliphatic rings. The molecule has 0 heterocycles. The van der Waals surface area contributed by atoms with Crippen LogP contribution >= 0.6 is 0 Å². The minimum Gasteiger partial charge on any atom is -0.457 e. The zero-order chi connectivity index (χ0) is 10.3. The van der Waals surface area contributed by atoms with Crippen LogP contribution in [0.15, 0.2) is 12.2 Å². The maximum Gasteiger partial charge on any atom is 0.433 e. The maximum absolute atomic E-state index is 11.0. The molecule has 0 aromatic carbocycles.